The van der Waals surface area contributed by atoms with Crippen LogP contribution in [0.25, 0.3) is 0 Å². The molecule has 0 spiro atoms. The Bertz CT molecular complexity index is 714. The molecule has 5 heteroatoms. The minimum atomic E-state index is -0.826. The molecule has 184 valence electrons. The Kier molecular flexibility index (Phi) is 18.0. The van der Waals surface area contributed by atoms with E-state index >= 15 is 0 Å². The number of hydrogen-bond acceptors (Lipinski definition) is 0. The van der Waals surface area contributed by atoms with Gasteiger partial charge in [0.25, 0.3) is 0 Å². The maximum atomic E-state index is 13.7. The van der Waals surface area contributed by atoms with E-state index in [-0.39, 0.29) is 20.4 Å². The van der Waals surface area contributed by atoms with Crippen LogP contribution in [0.2, 0.25) is 0 Å². The number of fused-ring (bicyclic) bond motifs is 1. The van der Waals surface area contributed by atoms with Crippen LogP contribution in [0.1, 0.15) is 57.4 Å². The van der Waals surface area contributed by atoms with Gasteiger partial charge in [0, 0.05) is 5.56 Å². The molecular weight excluding hydrogens is 536 g/mol. The molecule has 2 saturated carbocycles. The van der Waals surface area contributed by atoms with Crippen molar-refractivity contribution in [1.82, 2.24) is 0 Å². The Hall–Kier alpha value is -0.237. The summed E-state index contributed by atoms with van der Waals surface area (Å²) in [6, 6.07) is 4.12. The summed E-state index contributed by atoms with van der Waals surface area (Å²) in [6.45, 7) is 6.11. The topological polar surface area (TPSA) is 0 Å². The Balaban J connectivity index is 0.000000587. The molecule has 0 bridgehead atoms. The Morgan fingerprint density at radius 2 is 1.67 bits per heavy atom. The van der Waals surface area contributed by atoms with Gasteiger partial charge < -0.3 is 14.9 Å². The molecule has 4 rings (SSSR count). The first kappa shape index (κ1) is 32.8. The summed E-state index contributed by atoms with van der Waals surface area (Å²) in [6.07, 6.45) is 20.3. The average Bonchev–Trinajstić information content (AvgIpc) is 3.36. The second kappa shape index (κ2) is 18.1. The zero-order valence-electron chi connectivity index (χ0n) is 20.4. The fourth-order valence-corrected chi connectivity index (χ4v) is 5.23. The SMILES string of the molecule is C=CCCC1CCC(C)C1.Fc1cccc(F)c1CC1CCC2C=CC=CC21.[CH3-].[CH3-].[Cl][Zr+2][Cl]. The molecule has 0 amide bonds. The van der Waals surface area contributed by atoms with Crippen LogP contribution in [0.5, 0.6) is 0 Å². The maximum absolute atomic E-state index is 13.7. The second-order valence-corrected chi connectivity index (χ2v) is 12.7. The van der Waals surface area contributed by atoms with Gasteiger partial charge in [-0.1, -0.05) is 56.2 Å². The fraction of sp³-hybridized carbons (Fsp3) is 0.500. The van der Waals surface area contributed by atoms with Crippen molar-refractivity contribution in [3.8, 4) is 0 Å². The van der Waals surface area contributed by atoms with Crippen LogP contribution in [0.4, 0.5) is 8.78 Å². The van der Waals surface area contributed by atoms with E-state index < -0.39 is 32.5 Å². The summed E-state index contributed by atoms with van der Waals surface area (Å²) in [5.41, 5.74) is 0.256. The Morgan fingerprint density at radius 3 is 2.24 bits per heavy atom. The summed E-state index contributed by atoms with van der Waals surface area (Å²) in [4.78, 5) is 0. The third-order valence-corrected chi connectivity index (χ3v) is 6.82. The van der Waals surface area contributed by atoms with Crippen LogP contribution in [0, 0.1) is 56.1 Å². The van der Waals surface area contributed by atoms with E-state index in [2.05, 4.69) is 37.8 Å². The van der Waals surface area contributed by atoms with Gasteiger partial charge in [0.2, 0.25) is 0 Å². The molecule has 0 aliphatic heterocycles. The van der Waals surface area contributed by atoms with Gasteiger partial charge in [0.1, 0.15) is 11.6 Å². The van der Waals surface area contributed by atoms with E-state index in [1.54, 1.807) is 0 Å². The van der Waals surface area contributed by atoms with Crippen molar-refractivity contribution in [3.05, 3.63) is 87.2 Å². The van der Waals surface area contributed by atoms with E-state index in [1.165, 1.54) is 50.3 Å². The van der Waals surface area contributed by atoms with Crippen LogP contribution >= 0.6 is 17.0 Å². The first-order valence-corrected chi connectivity index (χ1v) is 17.7. The molecule has 0 N–H and O–H groups in total. The summed E-state index contributed by atoms with van der Waals surface area (Å²) in [5.74, 6) is 2.58. The summed E-state index contributed by atoms with van der Waals surface area (Å²) < 4.78 is 27.3. The van der Waals surface area contributed by atoms with Gasteiger partial charge >= 0.3 is 37.9 Å². The molecule has 0 saturated heterocycles. The third-order valence-electron chi connectivity index (χ3n) is 6.82. The van der Waals surface area contributed by atoms with Crippen LogP contribution in [0.15, 0.2) is 55.2 Å². The van der Waals surface area contributed by atoms with Crippen molar-refractivity contribution in [2.75, 3.05) is 0 Å². The van der Waals surface area contributed by atoms with E-state index in [4.69, 9.17) is 17.0 Å². The number of halogens is 4. The van der Waals surface area contributed by atoms with Crippen molar-refractivity contribution < 1.29 is 29.6 Å². The van der Waals surface area contributed by atoms with Crippen molar-refractivity contribution >= 4 is 17.0 Å². The van der Waals surface area contributed by atoms with Crippen molar-refractivity contribution in [1.29, 1.82) is 0 Å². The van der Waals surface area contributed by atoms with Gasteiger partial charge in [-0.3, -0.25) is 0 Å². The second-order valence-electron chi connectivity index (χ2n) is 8.97. The standard InChI is InChI=1S/C16H16F2.C10H18.2CH3.2ClH.Zr/c17-15-6-3-7-16(18)14(15)10-12-9-8-11-4-1-2-5-13(11)12;1-3-4-5-10-7-6-9(2)8-10;;;;;/h1-7,11-13H,8-10H2;3,9-10H,1,4-8H2,2H3;2*1H3;2*1H;/q;;2*-1;;;+4/p-2. The van der Waals surface area contributed by atoms with Crippen LogP contribution < -0.4 is 0 Å². The first-order valence-electron chi connectivity index (χ1n) is 11.3. The predicted octanol–water partition coefficient (Wildman–Crippen LogP) is 9.94. The molecule has 1 aromatic carbocycles. The van der Waals surface area contributed by atoms with Gasteiger partial charge in [-0.15, -0.1) is 6.58 Å². The van der Waals surface area contributed by atoms with Crippen molar-refractivity contribution in [3.63, 3.8) is 0 Å². The Labute approximate surface area is 220 Å². The van der Waals surface area contributed by atoms with E-state index in [0.717, 1.165) is 24.7 Å². The quantitative estimate of drug-likeness (QED) is 0.242. The third kappa shape index (κ3) is 10.9. The number of allylic oxidation sites excluding steroid dienone is 5. The number of rotatable bonds is 5. The minimum absolute atomic E-state index is 0. The molecule has 0 radical (unpaired) electrons. The summed E-state index contributed by atoms with van der Waals surface area (Å²) in [7, 11) is 9.87. The Morgan fingerprint density at radius 1 is 1.03 bits per heavy atom. The summed E-state index contributed by atoms with van der Waals surface area (Å²) in [5, 5.41) is 0. The molecule has 3 aliphatic carbocycles. The van der Waals surface area contributed by atoms with Gasteiger partial charge in [0.05, 0.1) is 0 Å². The molecule has 5 atom stereocenters. The molecule has 0 aromatic heterocycles. The fourth-order valence-electron chi connectivity index (χ4n) is 5.23. The monoisotopic (exact) mass is 574 g/mol. The molecule has 1 aromatic rings. The van der Waals surface area contributed by atoms with Crippen LogP contribution in [-0.4, -0.2) is 0 Å². The molecule has 33 heavy (non-hydrogen) atoms. The van der Waals surface area contributed by atoms with Gasteiger partial charge in [-0.05, 0) is 80.2 Å². The molecule has 0 nitrogen and oxygen atoms in total. The zero-order valence-corrected chi connectivity index (χ0v) is 24.4. The summed E-state index contributed by atoms with van der Waals surface area (Å²) >= 11 is -0.826. The molecule has 3 aliphatic rings. The average molecular weight is 577 g/mol. The normalized spacial score (nSPS) is 26.3. The number of benzene rings is 1. The van der Waals surface area contributed by atoms with E-state index in [0.29, 0.717) is 24.2 Å². The van der Waals surface area contributed by atoms with E-state index in [9.17, 15) is 8.78 Å². The number of hydrogen-bond donors (Lipinski definition) is 0. The predicted molar refractivity (Wildman–Crippen MR) is 139 cm³/mol. The molecule has 2 fully saturated rings. The molecule has 0 heterocycles. The first-order chi connectivity index (χ1) is 15.0. The van der Waals surface area contributed by atoms with Crippen molar-refractivity contribution in [2.45, 2.75) is 58.3 Å². The molecule has 5 unspecified atom stereocenters. The van der Waals surface area contributed by atoms with Gasteiger partial charge in [-0.2, -0.15) is 0 Å². The zero-order chi connectivity index (χ0) is 22.6. The van der Waals surface area contributed by atoms with Crippen LogP contribution in [0.3, 0.4) is 0 Å². The van der Waals surface area contributed by atoms with Gasteiger partial charge in [0.15, 0.2) is 0 Å². The van der Waals surface area contributed by atoms with Gasteiger partial charge in [-0.25, -0.2) is 8.78 Å². The van der Waals surface area contributed by atoms with Crippen molar-refractivity contribution in [2.24, 2.45) is 29.6 Å². The van der Waals surface area contributed by atoms with Crippen LogP contribution in [-0.2, 0) is 27.3 Å². The van der Waals surface area contributed by atoms with E-state index in [1.807, 2.05) is 6.08 Å². The molecular formula is C28H40Cl2F2Zr.